The van der Waals surface area contributed by atoms with Crippen molar-refractivity contribution in [3.63, 3.8) is 0 Å². The molecule has 0 saturated carbocycles. The maximum atomic E-state index is 10.6. The van der Waals surface area contributed by atoms with Gasteiger partial charge in [-0.15, -0.1) is 0 Å². The number of hydrogen-bond acceptors (Lipinski definition) is 5. The van der Waals surface area contributed by atoms with E-state index >= 15 is 0 Å². The molecule has 1 atom stereocenters. The maximum absolute atomic E-state index is 10.6. The molecule has 0 bridgehead atoms. The number of aliphatic imine (C=N–C) groups is 1. The average Bonchev–Trinajstić information content (AvgIpc) is 3.10. The summed E-state index contributed by atoms with van der Waals surface area (Å²) in [6.45, 7) is 3.00. The maximum Gasteiger partial charge on any atom is 0.212 e. The second-order valence-corrected chi connectivity index (χ2v) is 9.15. The lowest BCUT2D eigenvalue weighted by Crippen LogP contribution is -2.34. The number of rotatable bonds is 4. The molecule has 4 rings (SSSR count). The first-order chi connectivity index (χ1) is 13.0. The van der Waals surface area contributed by atoms with E-state index in [1.54, 1.807) is 24.4 Å². The number of allylic oxidation sites excluding steroid dienone is 3. The van der Waals surface area contributed by atoms with Gasteiger partial charge in [-0.05, 0) is 42.3 Å². The lowest BCUT2D eigenvalue weighted by atomic mass is 9.91. The van der Waals surface area contributed by atoms with Crippen molar-refractivity contribution in [2.75, 3.05) is 17.2 Å². The van der Waals surface area contributed by atoms with Crippen LogP contribution < -0.4 is 4.90 Å². The average molecular weight is 385 g/mol. The molecule has 3 N–H and O–H groups in total. The summed E-state index contributed by atoms with van der Waals surface area (Å²) < 4.78 is 0. The van der Waals surface area contributed by atoms with E-state index in [0.29, 0.717) is 5.57 Å². The molecule has 0 saturated heterocycles. The smallest absolute Gasteiger partial charge is 0.212 e. The van der Waals surface area contributed by atoms with Crippen LogP contribution in [0.2, 0.25) is 0 Å². The van der Waals surface area contributed by atoms with Crippen LogP contribution in [-0.4, -0.2) is 38.4 Å². The van der Waals surface area contributed by atoms with E-state index < -0.39 is 16.7 Å². The monoisotopic (exact) mass is 384 g/mol. The van der Waals surface area contributed by atoms with E-state index in [0.717, 1.165) is 41.3 Å². The molecule has 27 heavy (non-hydrogen) atoms. The highest BCUT2D eigenvalue weighted by Crippen LogP contribution is 2.51. The second-order valence-electron chi connectivity index (χ2n) is 6.85. The number of thiol groups is 1. The third-order valence-electron chi connectivity index (χ3n) is 4.93. The van der Waals surface area contributed by atoms with E-state index in [2.05, 4.69) is 13.1 Å². The summed E-state index contributed by atoms with van der Waals surface area (Å²) in [5.74, 6) is -0.807. The van der Waals surface area contributed by atoms with Crippen LogP contribution in [0.15, 0.2) is 75.9 Å². The van der Waals surface area contributed by atoms with E-state index in [-0.39, 0.29) is 5.75 Å². The van der Waals surface area contributed by atoms with Crippen molar-refractivity contribution in [2.45, 2.75) is 25.6 Å². The molecule has 2 heterocycles. The van der Waals surface area contributed by atoms with Gasteiger partial charge in [0.1, 0.15) is 5.75 Å². The molecular weight excluding hydrogens is 360 g/mol. The number of aromatic hydroxyl groups is 1. The summed E-state index contributed by atoms with van der Waals surface area (Å²) in [4.78, 5) is 7.76. The fourth-order valence-electron chi connectivity index (χ4n) is 3.60. The SMILES string of the molecule is CCCC1=NCC[SH]1C1=CN(c2ccc(O)cc2)C=C2C1=CC=CC2(O)O. The third kappa shape index (κ3) is 3.36. The van der Waals surface area contributed by atoms with Crippen LogP contribution in [-0.2, 0) is 0 Å². The van der Waals surface area contributed by atoms with Crippen LogP contribution in [0.4, 0.5) is 5.69 Å². The fraction of sp³-hybridized carbons (Fsp3) is 0.286. The highest BCUT2D eigenvalue weighted by molar-refractivity contribution is 8.33. The van der Waals surface area contributed by atoms with Crippen molar-refractivity contribution in [3.05, 3.63) is 70.9 Å². The molecule has 1 aliphatic carbocycles. The van der Waals surface area contributed by atoms with Gasteiger partial charge in [-0.2, -0.15) is 10.9 Å². The summed E-state index contributed by atoms with van der Waals surface area (Å²) in [7, 11) is -0.586. The first-order valence-corrected chi connectivity index (χ1v) is 10.7. The fourth-order valence-corrected chi connectivity index (χ4v) is 6.19. The van der Waals surface area contributed by atoms with Gasteiger partial charge in [0.2, 0.25) is 5.79 Å². The number of nitrogens with zero attached hydrogens (tertiary/aromatic N) is 2. The van der Waals surface area contributed by atoms with Gasteiger partial charge in [0.05, 0.1) is 5.04 Å². The Kier molecular flexibility index (Phi) is 4.72. The molecule has 5 nitrogen and oxygen atoms in total. The Morgan fingerprint density at radius 1 is 1.19 bits per heavy atom. The molecule has 6 heteroatoms. The Balaban J connectivity index is 1.80. The molecule has 0 radical (unpaired) electrons. The van der Waals surface area contributed by atoms with E-state index in [4.69, 9.17) is 4.99 Å². The third-order valence-corrected chi connectivity index (χ3v) is 7.50. The van der Waals surface area contributed by atoms with Gasteiger partial charge in [0.15, 0.2) is 0 Å². The summed E-state index contributed by atoms with van der Waals surface area (Å²) in [6.07, 6.45) is 10.9. The number of phenolic OH excluding ortho intramolecular Hbond substituents is 1. The Bertz CT molecular complexity index is 895. The van der Waals surface area contributed by atoms with Crippen molar-refractivity contribution in [2.24, 2.45) is 4.99 Å². The number of phenols is 1. The van der Waals surface area contributed by atoms with Gasteiger partial charge in [0.25, 0.3) is 0 Å². The predicted molar refractivity (Wildman–Crippen MR) is 112 cm³/mol. The number of anilines is 1. The Morgan fingerprint density at radius 3 is 2.70 bits per heavy atom. The number of fused-ring (bicyclic) bond motifs is 1. The van der Waals surface area contributed by atoms with Gasteiger partial charge in [-0.3, -0.25) is 4.99 Å². The zero-order valence-corrected chi connectivity index (χ0v) is 16.1. The lowest BCUT2D eigenvalue weighted by Gasteiger charge is -2.37. The topological polar surface area (TPSA) is 76.3 Å². The van der Waals surface area contributed by atoms with Crippen molar-refractivity contribution < 1.29 is 15.3 Å². The van der Waals surface area contributed by atoms with Crippen LogP contribution >= 0.6 is 10.9 Å². The predicted octanol–water partition coefficient (Wildman–Crippen LogP) is 3.33. The van der Waals surface area contributed by atoms with Crippen LogP contribution in [0.25, 0.3) is 0 Å². The summed E-state index contributed by atoms with van der Waals surface area (Å²) in [5, 5.41) is 31.9. The van der Waals surface area contributed by atoms with Gasteiger partial charge in [0, 0.05) is 40.9 Å². The van der Waals surface area contributed by atoms with Crippen LogP contribution in [0.3, 0.4) is 0 Å². The van der Waals surface area contributed by atoms with Crippen LogP contribution in [0.5, 0.6) is 5.75 Å². The second kappa shape index (κ2) is 7.03. The first kappa shape index (κ1) is 18.1. The minimum absolute atomic E-state index is 0.199. The number of benzene rings is 1. The Hall–Kier alpha value is -2.28. The molecule has 1 aromatic carbocycles. The highest BCUT2D eigenvalue weighted by atomic mass is 32.2. The largest absolute Gasteiger partial charge is 0.508 e. The van der Waals surface area contributed by atoms with Crippen molar-refractivity contribution in [3.8, 4) is 5.75 Å². The van der Waals surface area contributed by atoms with E-state index in [1.807, 2.05) is 23.1 Å². The van der Waals surface area contributed by atoms with Gasteiger partial charge >= 0.3 is 0 Å². The molecule has 0 aromatic heterocycles. The van der Waals surface area contributed by atoms with Gasteiger partial charge in [-0.25, -0.2) is 0 Å². The van der Waals surface area contributed by atoms with E-state index in [1.165, 1.54) is 11.1 Å². The normalized spacial score (nSPS) is 24.7. The molecule has 0 fully saturated rings. The minimum atomic E-state index is -2.00. The van der Waals surface area contributed by atoms with Crippen LogP contribution in [0.1, 0.15) is 19.8 Å². The van der Waals surface area contributed by atoms with E-state index in [9.17, 15) is 15.3 Å². The zero-order valence-electron chi connectivity index (χ0n) is 15.2. The molecular formula is C21H24N2O3S. The molecule has 2 aliphatic heterocycles. The highest BCUT2D eigenvalue weighted by Gasteiger charge is 2.37. The standard InChI is InChI=1S/C21H24N2O3S/c1-2-4-20-22-11-12-27(20)19-14-23(15-6-8-16(24)9-7-15)13-18-17(19)5-3-10-21(18,25)26/h3,5-10,13-14,24-27H,2,4,11-12H2,1H3. The lowest BCUT2D eigenvalue weighted by molar-refractivity contribution is -0.0831. The summed E-state index contributed by atoms with van der Waals surface area (Å²) in [5.41, 5.74) is 2.21. The summed E-state index contributed by atoms with van der Waals surface area (Å²) >= 11 is 0. The summed E-state index contributed by atoms with van der Waals surface area (Å²) in [6, 6.07) is 6.88. The number of hydrogen-bond donors (Lipinski definition) is 4. The van der Waals surface area contributed by atoms with Crippen LogP contribution in [0, 0.1) is 0 Å². The van der Waals surface area contributed by atoms with Gasteiger partial charge < -0.3 is 20.2 Å². The number of aliphatic hydroxyl groups is 2. The Morgan fingerprint density at radius 2 is 1.96 bits per heavy atom. The van der Waals surface area contributed by atoms with Gasteiger partial charge in [-0.1, -0.05) is 25.5 Å². The molecule has 0 amide bonds. The molecule has 1 aromatic rings. The first-order valence-electron chi connectivity index (χ1n) is 9.17. The molecule has 3 aliphatic rings. The van der Waals surface area contributed by atoms with Crippen molar-refractivity contribution >= 4 is 21.6 Å². The van der Waals surface area contributed by atoms with Crippen molar-refractivity contribution in [1.29, 1.82) is 0 Å². The molecule has 1 unspecified atom stereocenters. The quantitative estimate of drug-likeness (QED) is 0.474. The zero-order chi connectivity index (χ0) is 19.0. The Labute approximate surface area is 161 Å². The minimum Gasteiger partial charge on any atom is -0.508 e. The molecule has 142 valence electrons. The van der Waals surface area contributed by atoms with Crippen molar-refractivity contribution in [1.82, 2.24) is 0 Å². The molecule has 0 spiro atoms.